The maximum absolute atomic E-state index is 12.6. The van der Waals surface area contributed by atoms with Gasteiger partial charge in [-0.2, -0.15) is 0 Å². The Balaban J connectivity index is 2.08. The van der Waals surface area contributed by atoms with Crippen LogP contribution in [0.1, 0.15) is 35.3 Å². The Morgan fingerprint density at radius 2 is 1.92 bits per heavy atom. The van der Waals surface area contributed by atoms with E-state index in [4.69, 9.17) is 9.47 Å². The van der Waals surface area contributed by atoms with Crippen molar-refractivity contribution in [2.75, 3.05) is 34.4 Å². The van der Waals surface area contributed by atoms with Crippen molar-refractivity contribution in [3.63, 3.8) is 0 Å². The Kier molecular flexibility index (Phi) is 7.48. The number of rotatable bonds is 9. The van der Waals surface area contributed by atoms with Crippen LogP contribution < -0.4 is 14.8 Å². The molecule has 0 saturated carbocycles. The molecular formula is C21H28N2O3. The summed E-state index contributed by atoms with van der Waals surface area (Å²) < 4.78 is 11.1. The van der Waals surface area contributed by atoms with Crippen LogP contribution in [-0.4, -0.2) is 45.2 Å². The molecule has 0 aromatic heterocycles. The summed E-state index contributed by atoms with van der Waals surface area (Å²) in [6, 6.07) is 15.2. The molecule has 1 unspecified atom stereocenters. The number of ether oxygens (including phenoxy) is 2. The van der Waals surface area contributed by atoms with Crippen LogP contribution in [0.25, 0.3) is 0 Å². The first-order chi connectivity index (χ1) is 12.6. The highest BCUT2D eigenvalue weighted by Crippen LogP contribution is 2.27. The van der Waals surface area contributed by atoms with Gasteiger partial charge >= 0.3 is 0 Å². The summed E-state index contributed by atoms with van der Waals surface area (Å²) in [4.78, 5) is 14.6. The molecule has 5 nitrogen and oxygen atoms in total. The monoisotopic (exact) mass is 356 g/mol. The van der Waals surface area contributed by atoms with Crippen LogP contribution in [0.2, 0.25) is 0 Å². The van der Waals surface area contributed by atoms with E-state index in [9.17, 15) is 4.79 Å². The average Bonchev–Trinajstić information content (AvgIpc) is 2.66. The SMILES string of the molecule is CCCOc1cccc(C(=O)NCC(c2ccccc2OC)N(C)C)c1. The number of benzene rings is 2. The zero-order valence-corrected chi connectivity index (χ0v) is 16.0. The molecule has 0 radical (unpaired) electrons. The fourth-order valence-corrected chi connectivity index (χ4v) is 2.75. The highest BCUT2D eigenvalue weighted by molar-refractivity contribution is 5.94. The van der Waals surface area contributed by atoms with E-state index in [0.717, 1.165) is 17.7 Å². The molecule has 0 aliphatic carbocycles. The summed E-state index contributed by atoms with van der Waals surface area (Å²) in [5, 5.41) is 3.02. The summed E-state index contributed by atoms with van der Waals surface area (Å²) >= 11 is 0. The number of carbonyl (C=O) groups excluding carboxylic acids is 1. The summed E-state index contributed by atoms with van der Waals surface area (Å²) in [7, 11) is 5.64. The number of methoxy groups -OCH3 is 1. The fourth-order valence-electron chi connectivity index (χ4n) is 2.75. The topological polar surface area (TPSA) is 50.8 Å². The van der Waals surface area contributed by atoms with Gasteiger partial charge in [-0.3, -0.25) is 4.79 Å². The molecule has 2 aromatic rings. The van der Waals surface area contributed by atoms with Crippen molar-refractivity contribution in [2.45, 2.75) is 19.4 Å². The summed E-state index contributed by atoms with van der Waals surface area (Å²) in [6.07, 6.45) is 0.930. The fraction of sp³-hybridized carbons (Fsp3) is 0.381. The van der Waals surface area contributed by atoms with Gasteiger partial charge in [0.1, 0.15) is 11.5 Å². The van der Waals surface area contributed by atoms with Crippen LogP contribution in [0, 0.1) is 0 Å². The molecule has 2 rings (SSSR count). The molecule has 0 heterocycles. The van der Waals surface area contributed by atoms with Gasteiger partial charge in [-0.1, -0.05) is 31.2 Å². The maximum Gasteiger partial charge on any atom is 0.251 e. The van der Waals surface area contributed by atoms with Crippen LogP contribution in [-0.2, 0) is 0 Å². The molecule has 5 heteroatoms. The zero-order valence-electron chi connectivity index (χ0n) is 16.0. The van der Waals surface area contributed by atoms with Crippen LogP contribution in [0.15, 0.2) is 48.5 Å². The van der Waals surface area contributed by atoms with Gasteiger partial charge in [-0.25, -0.2) is 0 Å². The number of para-hydroxylation sites is 1. The van der Waals surface area contributed by atoms with Crippen molar-refractivity contribution in [1.29, 1.82) is 0 Å². The lowest BCUT2D eigenvalue weighted by atomic mass is 10.0. The molecule has 26 heavy (non-hydrogen) atoms. The Bertz CT molecular complexity index is 716. The number of hydrogen-bond acceptors (Lipinski definition) is 4. The molecule has 0 bridgehead atoms. The Hall–Kier alpha value is -2.53. The normalized spacial score (nSPS) is 11.9. The van der Waals surface area contributed by atoms with Gasteiger partial charge in [-0.15, -0.1) is 0 Å². The quantitative estimate of drug-likeness (QED) is 0.747. The van der Waals surface area contributed by atoms with Crippen molar-refractivity contribution < 1.29 is 14.3 Å². The second-order valence-corrected chi connectivity index (χ2v) is 6.31. The predicted octanol–water partition coefficient (Wildman–Crippen LogP) is 3.52. The van der Waals surface area contributed by atoms with Crippen molar-refractivity contribution in [3.8, 4) is 11.5 Å². The van der Waals surface area contributed by atoms with Crippen LogP contribution in [0.5, 0.6) is 11.5 Å². The Labute approximate surface area is 155 Å². The summed E-state index contributed by atoms with van der Waals surface area (Å²) in [6.45, 7) is 3.17. The minimum absolute atomic E-state index is 0.00891. The first-order valence-electron chi connectivity index (χ1n) is 8.87. The van der Waals surface area contributed by atoms with Crippen LogP contribution in [0.4, 0.5) is 0 Å². The van der Waals surface area contributed by atoms with E-state index in [-0.39, 0.29) is 11.9 Å². The van der Waals surface area contributed by atoms with E-state index >= 15 is 0 Å². The van der Waals surface area contributed by atoms with E-state index in [1.54, 1.807) is 19.2 Å². The van der Waals surface area contributed by atoms with Crippen molar-refractivity contribution in [1.82, 2.24) is 10.2 Å². The number of nitrogens with zero attached hydrogens (tertiary/aromatic N) is 1. The number of carbonyl (C=O) groups is 1. The van der Waals surface area contributed by atoms with E-state index in [0.29, 0.717) is 24.5 Å². The lowest BCUT2D eigenvalue weighted by Crippen LogP contribution is -2.34. The third kappa shape index (κ3) is 5.23. The minimum Gasteiger partial charge on any atom is -0.496 e. The predicted molar refractivity (Wildman–Crippen MR) is 104 cm³/mol. The second-order valence-electron chi connectivity index (χ2n) is 6.31. The van der Waals surface area contributed by atoms with Crippen molar-refractivity contribution >= 4 is 5.91 Å². The van der Waals surface area contributed by atoms with Crippen LogP contribution >= 0.6 is 0 Å². The van der Waals surface area contributed by atoms with Crippen molar-refractivity contribution in [3.05, 3.63) is 59.7 Å². The molecule has 0 spiro atoms. The van der Waals surface area contributed by atoms with Gasteiger partial charge in [0.05, 0.1) is 19.8 Å². The lowest BCUT2D eigenvalue weighted by molar-refractivity contribution is 0.0941. The molecule has 1 amide bonds. The largest absolute Gasteiger partial charge is 0.496 e. The van der Waals surface area contributed by atoms with Gasteiger partial charge < -0.3 is 19.7 Å². The van der Waals surface area contributed by atoms with Gasteiger partial charge in [0.25, 0.3) is 5.91 Å². The maximum atomic E-state index is 12.6. The van der Waals surface area contributed by atoms with Gasteiger partial charge in [0, 0.05) is 17.7 Å². The molecule has 0 aliphatic rings. The molecule has 1 N–H and O–H groups in total. The number of likely N-dealkylation sites (N-methyl/N-ethyl adjacent to an activating group) is 1. The first-order valence-corrected chi connectivity index (χ1v) is 8.87. The third-order valence-electron chi connectivity index (χ3n) is 4.15. The number of hydrogen-bond donors (Lipinski definition) is 1. The average molecular weight is 356 g/mol. The highest BCUT2D eigenvalue weighted by atomic mass is 16.5. The summed E-state index contributed by atoms with van der Waals surface area (Å²) in [5.74, 6) is 1.41. The Morgan fingerprint density at radius 3 is 2.62 bits per heavy atom. The van der Waals surface area contributed by atoms with E-state index in [2.05, 4.69) is 17.1 Å². The van der Waals surface area contributed by atoms with E-state index in [1.165, 1.54) is 0 Å². The molecule has 140 valence electrons. The molecule has 0 aliphatic heterocycles. The van der Waals surface area contributed by atoms with Gasteiger partial charge in [0.2, 0.25) is 0 Å². The first kappa shape index (κ1) is 19.8. The summed E-state index contributed by atoms with van der Waals surface area (Å²) in [5.41, 5.74) is 1.64. The van der Waals surface area contributed by atoms with E-state index in [1.807, 2.05) is 50.5 Å². The molecule has 0 saturated heterocycles. The standard InChI is InChI=1S/C21H28N2O3/c1-5-13-26-17-10-8-9-16(14-17)21(24)22-15-19(23(2)3)18-11-6-7-12-20(18)25-4/h6-12,14,19H,5,13,15H2,1-4H3,(H,22,24). The lowest BCUT2D eigenvalue weighted by Gasteiger charge is -2.26. The Morgan fingerprint density at radius 1 is 1.15 bits per heavy atom. The second kappa shape index (κ2) is 9.82. The van der Waals surface area contributed by atoms with E-state index < -0.39 is 0 Å². The molecular weight excluding hydrogens is 328 g/mol. The van der Waals surface area contributed by atoms with Gasteiger partial charge in [-0.05, 0) is 44.8 Å². The third-order valence-corrected chi connectivity index (χ3v) is 4.15. The smallest absolute Gasteiger partial charge is 0.251 e. The molecule has 0 fully saturated rings. The highest BCUT2D eigenvalue weighted by Gasteiger charge is 2.19. The minimum atomic E-state index is -0.117. The molecule has 1 atom stereocenters. The van der Waals surface area contributed by atoms with Crippen molar-refractivity contribution in [2.24, 2.45) is 0 Å². The van der Waals surface area contributed by atoms with Crippen LogP contribution in [0.3, 0.4) is 0 Å². The molecule has 2 aromatic carbocycles. The van der Waals surface area contributed by atoms with Gasteiger partial charge in [0.15, 0.2) is 0 Å². The number of amides is 1. The zero-order chi connectivity index (χ0) is 18.9. The number of nitrogens with one attached hydrogen (secondary N) is 1.